The van der Waals surface area contributed by atoms with E-state index in [0.717, 1.165) is 35.1 Å². The maximum atomic E-state index is 12.8. The topological polar surface area (TPSA) is 80.6 Å². The summed E-state index contributed by atoms with van der Waals surface area (Å²) < 4.78 is 2.13. The van der Waals surface area contributed by atoms with Crippen molar-refractivity contribution in [3.8, 4) is 0 Å². The molecule has 0 amide bonds. The number of Topliss-reactive ketones (excluding diaryl/α,β-unsaturated/α-hetero) is 2. The summed E-state index contributed by atoms with van der Waals surface area (Å²) in [4.78, 5) is 27.7. The van der Waals surface area contributed by atoms with E-state index in [1.807, 2.05) is 27.7 Å². The molecule has 1 saturated carbocycles. The first-order valence-corrected chi connectivity index (χ1v) is 9.01. The summed E-state index contributed by atoms with van der Waals surface area (Å²) in [6, 6.07) is 0.476. The van der Waals surface area contributed by atoms with Gasteiger partial charge in [0.25, 0.3) is 0 Å². The molecule has 0 spiro atoms. The number of aromatic nitrogens is 4. The monoisotopic (exact) mass is 346 g/mol. The quantitative estimate of drug-likeness (QED) is 0.640. The minimum atomic E-state index is -0.303. The Morgan fingerprint density at radius 2 is 1.92 bits per heavy atom. The number of nitrogens with zero attached hydrogens (tertiary/aromatic N) is 3. The first kappa shape index (κ1) is 17.0. The third-order valence-corrected chi connectivity index (χ3v) is 5.49. The maximum absolute atomic E-state index is 12.8. The average Bonchev–Trinajstić information content (AvgIpc) is 3.21. The van der Waals surface area contributed by atoms with Crippen LogP contribution < -0.4 is 0 Å². The second-order valence-electron chi connectivity index (χ2n) is 6.44. The largest absolute Gasteiger partial charge is 0.355 e. The lowest BCUT2D eigenvalue weighted by molar-refractivity contribution is 0.0988. The standard InChI is InChI=1S/C17H22N4O2S/c1-8-14(10(3)22)9(2)18-15(8)16(23)11(4)24-17-20-19-12(5)21(17)13-6-7-13/h11,13,18H,6-7H2,1-5H3/t11-/m0/s1. The number of aryl methyl sites for hydroxylation is 2. The molecule has 1 N–H and O–H groups in total. The molecule has 7 heteroatoms. The van der Waals surface area contributed by atoms with E-state index < -0.39 is 0 Å². The summed E-state index contributed by atoms with van der Waals surface area (Å²) in [5.41, 5.74) is 2.62. The van der Waals surface area contributed by atoms with Gasteiger partial charge in [-0.25, -0.2) is 0 Å². The lowest BCUT2D eigenvalue weighted by Gasteiger charge is -2.11. The molecule has 0 saturated heterocycles. The van der Waals surface area contributed by atoms with Gasteiger partial charge in [0.05, 0.1) is 10.9 Å². The molecule has 0 unspecified atom stereocenters. The third-order valence-electron chi connectivity index (χ3n) is 4.43. The van der Waals surface area contributed by atoms with E-state index in [2.05, 4.69) is 19.7 Å². The van der Waals surface area contributed by atoms with Gasteiger partial charge in [-0.15, -0.1) is 10.2 Å². The van der Waals surface area contributed by atoms with Gasteiger partial charge in [0, 0.05) is 17.3 Å². The number of rotatable bonds is 6. The first-order chi connectivity index (χ1) is 11.3. The molecule has 24 heavy (non-hydrogen) atoms. The van der Waals surface area contributed by atoms with Crippen LogP contribution >= 0.6 is 11.8 Å². The molecular weight excluding hydrogens is 324 g/mol. The number of carbonyl (C=O) groups is 2. The van der Waals surface area contributed by atoms with Crippen LogP contribution in [0.5, 0.6) is 0 Å². The Morgan fingerprint density at radius 1 is 1.25 bits per heavy atom. The van der Waals surface area contributed by atoms with Crippen molar-refractivity contribution in [1.82, 2.24) is 19.7 Å². The molecule has 1 aliphatic carbocycles. The Morgan fingerprint density at radius 3 is 2.46 bits per heavy atom. The van der Waals surface area contributed by atoms with Crippen LogP contribution in [0.2, 0.25) is 0 Å². The zero-order valence-corrected chi connectivity index (χ0v) is 15.5. The molecule has 1 atom stereocenters. The highest BCUT2D eigenvalue weighted by atomic mass is 32.2. The summed E-state index contributed by atoms with van der Waals surface area (Å²) in [6.45, 7) is 8.99. The van der Waals surface area contributed by atoms with Crippen molar-refractivity contribution in [2.24, 2.45) is 0 Å². The van der Waals surface area contributed by atoms with Gasteiger partial charge in [0.2, 0.25) is 0 Å². The highest BCUT2D eigenvalue weighted by Gasteiger charge is 2.31. The number of hydrogen-bond donors (Lipinski definition) is 1. The fourth-order valence-corrected chi connectivity index (χ4v) is 4.15. The maximum Gasteiger partial charge on any atom is 0.192 e. The smallest absolute Gasteiger partial charge is 0.192 e. The molecule has 0 radical (unpaired) electrons. The predicted octanol–water partition coefficient (Wildman–Crippen LogP) is 3.43. The molecule has 2 aromatic heterocycles. The van der Waals surface area contributed by atoms with Gasteiger partial charge < -0.3 is 9.55 Å². The fourth-order valence-electron chi connectivity index (χ4n) is 3.12. The molecule has 3 rings (SSSR count). The van der Waals surface area contributed by atoms with Gasteiger partial charge in [0.15, 0.2) is 16.7 Å². The van der Waals surface area contributed by atoms with Crippen LogP contribution in [0, 0.1) is 20.8 Å². The van der Waals surface area contributed by atoms with Crippen molar-refractivity contribution in [3.63, 3.8) is 0 Å². The van der Waals surface area contributed by atoms with Crippen molar-refractivity contribution in [1.29, 1.82) is 0 Å². The molecule has 1 aliphatic rings. The van der Waals surface area contributed by atoms with Crippen LogP contribution in [0.15, 0.2) is 5.16 Å². The van der Waals surface area contributed by atoms with Gasteiger partial charge in [0.1, 0.15) is 5.82 Å². The molecule has 128 valence electrons. The Bertz CT molecular complexity index is 817. The average molecular weight is 346 g/mol. The Hall–Kier alpha value is -1.89. The summed E-state index contributed by atoms with van der Waals surface area (Å²) in [7, 11) is 0. The van der Waals surface area contributed by atoms with Crippen LogP contribution in [0.25, 0.3) is 0 Å². The Labute approximate surface area is 145 Å². The second-order valence-corrected chi connectivity index (χ2v) is 7.74. The molecule has 0 aromatic carbocycles. The van der Waals surface area contributed by atoms with E-state index in [-0.39, 0.29) is 16.8 Å². The molecule has 0 aliphatic heterocycles. The number of nitrogens with one attached hydrogen (secondary N) is 1. The van der Waals surface area contributed by atoms with Gasteiger partial charge in [-0.3, -0.25) is 9.59 Å². The number of aromatic amines is 1. The van der Waals surface area contributed by atoms with E-state index in [0.29, 0.717) is 17.3 Å². The molecular formula is C17H22N4O2S. The predicted molar refractivity (Wildman–Crippen MR) is 93.0 cm³/mol. The summed E-state index contributed by atoms with van der Waals surface area (Å²) in [6.07, 6.45) is 2.29. The van der Waals surface area contributed by atoms with Gasteiger partial charge >= 0.3 is 0 Å². The van der Waals surface area contributed by atoms with E-state index in [1.165, 1.54) is 18.7 Å². The minimum Gasteiger partial charge on any atom is -0.355 e. The zero-order valence-electron chi connectivity index (χ0n) is 14.6. The van der Waals surface area contributed by atoms with Crippen molar-refractivity contribution >= 4 is 23.3 Å². The van der Waals surface area contributed by atoms with E-state index in [4.69, 9.17) is 0 Å². The van der Waals surface area contributed by atoms with Gasteiger partial charge in [-0.2, -0.15) is 0 Å². The van der Waals surface area contributed by atoms with Crippen molar-refractivity contribution in [2.75, 3.05) is 0 Å². The second kappa shape index (κ2) is 6.20. The highest BCUT2D eigenvalue weighted by Crippen LogP contribution is 2.39. The van der Waals surface area contributed by atoms with Crippen molar-refractivity contribution < 1.29 is 9.59 Å². The number of thioether (sulfide) groups is 1. The lowest BCUT2D eigenvalue weighted by atomic mass is 10.0. The SMILES string of the molecule is CC(=O)c1c(C)[nH]c(C(=O)[C@H](C)Sc2nnc(C)n2C2CC2)c1C. The molecule has 1 fully saturated rings. The van der Waals surface area contributed by atoms with E-state index in [1.54, 1.807) is 0 Å². The van der Waals surface area contributed by atoms with Crippen LogP contribution in [0.1, 0.15) is 70.7 Å². The molecule has 2 aromatic rings. The summed E-state index contributed by atoms with van der Waals surface area (Å²) in [5, 5.41) is 8.87. The number of carbonyl (C=O) groups excluding carboxylic acids is 2. The van der Waals surface area contributed by atoms with E-state index in [9.17, 15) is 9.59 Å². The van der Waals surface area contributed by atoms with Crippen LogP contribution in [0.3, 0.4) is 0 Å². The summed E-state index contributed by atoms with van der Waals surface area (Å²) >= 11 is 1.43. The van der Waals surface area contributed by atoms with E-state index >= 15 is 0 Å². The Balaban J connectivity index is 1.83. The van der Waals surface area contributed by atoms with Crippen LogP contribution in [0.4, 0.5) is 0 Å². The normalized spacial score (nSPS) is 15.5. The number of hydrogen-bond acceptors (Lipinski definition) is 5. The molecule has 0 bridgehead atoms. The van der Waals surface area contributed by atoms with Crippen molar-refractivity contribution in [3.05, 3.63) is 28.3 Å². The number of ketones is 2. The first-order valence-electron chi connectivity index (χ1n) is 8.13. The Kier molecular flexibility index (Phi) is 4.38. The zero-order chi connectivity index (χ0) is 17.6. The number of H-pyrrole nitrogens is 1. The van der Waals surface area contributed by atoms with Crippen LogP contribution in [-0.2, 0) is 0 Å². The van der Waals surface area contributed by atoms with Crippen molar-refractivity contribution in [2.45, 2.75) is 63.9 Å². The molecule has 2 heterocycles. The lowest BCUT2D eigenvalue weighted by Crippen LogP contribution is -2.16. The van der Waals surface area contributed by atoms with Gasteiger partial charge in [-0.05, 0) is 53.0 Å². The molecule has 6 nitrogen and oxygen atoms in total. The third kappa shape index (κ3) is 2.92. The van der Waals surface area contributed by atoms with Gasteiger partial charge in [-0.1, -0.05) is 11.8 Å². The highest BCUT2D eigenvalue weighted by molar-refractivity contribution is 8.00. The van der Waals surface area contributed by atoms with Crippen LogP contribution in [-0.4, -0.2) is 36.6 Å². The minimum absolute atomic E-state index is 0.0175. The summed E-state index contributed by atoms with van der Waals surface area (Å²) in [5.74, 6) is 0.853. The fraction of sp³-hybridized carbons (Fsp3) is 0.529.